The van der Waals surface area contributed by atoms with Crippen LogP contribution in [0.2, 0.25) is 5.02 Å². The molecule has 2 aliphatic rings. The van der Waals surface area contributed by atoms with Crippen molar-refractivity contribution >= 4 is 40.2 Å². The second-order valence-corrected chi connectivity index (χ2v) is 9.41. The topological polar surface area (TPSA) is 66.6 Å². The van der Waals surface area contributed by atoms with Crippen LogP contribution in [0.1, 0.15) is 47.2 Å². The van der Waals surface area contributed by atoms with Gasteiger partial charge >= 0.3 is 6.03 Å². The third kappa shape index (κ3) is 4.19. The summed E-state index contributed by atoms with van der Waals surface area (Å²) in [6.45, 7) is 3.81. The number of urea groups is 1. The van der Waals surface area contributed by atoms with Crippen LogP contribution in [0, 0.1) is 6.92 Å². The monoisotopic (exact) mass is 459 g/mol. The van der Waals surface area contributed by atoms with E-state index in [0.717, 1.165) is 42.0 Å². The summed E-state index contributed by atoms with van der Waals surface area (Å²) in [5.41, 5.74) is 9.49. The second-order valence-electron chi connectivity index (χ2n) is 8.63. The van der Waals surface area contributed by atoms with E-state index in [0.29, 0.717) is 25.2 Å². The number of carbonyl (C=O) groups excluding carboxylic acids is 2. The average molecular weight is 460 g/mol. The van der Waals surface area contributed by atoms with Crippen LogP contribution in [-0.2, 0) is 5.41 Å². The molecule has 0 radical (unpaired) electrons. The fraction of sp³-hybridized carbons (Fsp3) is 0.417. The predicted molar refractivity (Wildman–Crippen MR) is 125 cm³/mol. The van der Waals surface area contributed by atoms with Crippen LogP contribution >= 0.6 is 23.2 Å². The van der Waals surface area contributed by atoms with Gasteiger partial charge in [-0.2, -0.15) is 0 Å². The molecule has 0 spiro atoms. The van der Waals surface area contributed by atoms with Crippen LogP contribution in [0.5, 0.6) is 0 Å². The Kier molecular flexibility index (Phi) is 6.29. The number of anilines is 1. The van der Waals surface area contributed by atoms with E-state index in [4.69, 9.17) is 28.9 Å². The van der Waals surface area contributed by atoms with Crippen molar-refractivity contribution in [1.29, 1.82) is 0 Å². The summed E-state index contributed by atoms with van der Waals surface area (Å²) >= 11 is 11.8. The number of nitrogens with zero attached hydrogens (tertiary/aromatic N) is 2. The molecule has 2 aromatic carbocycles. The number of benzene rings is 2. The Morgan fingerprint density at radius 3 is 2.52 bits per heavy atom. The average Bonchev–Trinajstić information content (AvgIpc) is 3.14. The zero-order chi connectivity index (χ0) is 22.2. The van der Waals surface area contributed by atoms with Crippen molar-refractivity contribution in [3.8, 4) is 0 Å². The fourth-order valence-electron chi connectivity index (χ4n) is 5.09. The van der Waals surface area contributed by atoms with E-state index in [1.54, 1.807) is 17.0 Å². The molecule has 5 nitrogen and oxygen atoms in total. The van der Waals surface area contributed by atoms with Gasteiger partial charge in [-0.3, -0.25) is 9.69 Å². The van der Waals surface area contributed by atoms with Crippen molar-refractivity contribution in [3.05, 3.63) is 64.2 Å². The van der Waals surface area contributed by atoms with Crippen molar-refractivity contribution in [2.45, 2.75) is 44.1 Å². The van der Waals surface area contributed by atoms with Gasteiger partial charge < -0.3 is 10.6 Å². The molecule has 1 saturated carbocycles. The van der Waals surface area contributed by atoms with Crippen molar-refractivity contribution in [2.24, 2.45) is 5.73 Å². The lowest BCUT2D eigenvalue weighted by Gasteiger charge is -2.42. The number of halogens is 2. The molecule has 1 aliphatic carbocycles. The molecule has 0 aromatic heterocycles. The first-order chi connectivity index (χ1) is 14.8. The number of rotatable bonds is 5. The predicted octanol–water partition coefficient (Wildman–Crippen LogP) is 5.11. The third-order valence-electron chi connectivity index (χ3n) is 6.94. The summed E-state index contributed by atoms with van der Waals surface area (Å²) in [6.07, 6.45) is 3.71. The largest absolute Gasteiger partial charge is 0.330 e. The van der Waals surface area contributed by atoms with E-state index in [9.17, 15) is 9.59 Å². The molecular formula is C24H27Cl2N3O2. The van der Waals surface area contributed by atoms with Gasteiger partial charge in [-0.1, -0.05) is 23.7 Å². The van der Waals surface area contributed by atoms with Gasteiger partial charge in [0.1, 0.15) is 0 Å². The molecule has 2 N–H and O–H groups in total. The maximum Gasteiger partial charge on any atom is 0.324 e. The zero-order valence-electron chi connectivity index (χ0n) is 17.6. The third-order valence-corrected chi connectivity index (χ3v) is 7.39. The molecule has 1 heterocycles. The van der Waals surface area contributed by atoms with Crippen molar-refractivity contribution in [2.75, 3.05) is 24.5 Å². The molecular weight excluding hydrogens is 433 g/mol. The number of amides is 2. The Hall–Kier alpha value is -2.08. The van der Waals surface area contributed by atoms with Gasteiger partial charge in [-0.15, -0.1) is 0 Å². The van der Waals surface area contributed by atoms with E-state index in [1.807, 2.05) is 36.1 Å². The number of hydrogen-bond acceptors (Lipinski definition) is 3. The second kappa shape index (κ2) is 8.81. The number of nitrogens with two attached hydrogens (primary N) is 1. The van der Waals surface area contributed by atoms with Crippen molar-refractivity contribution in [1.82, 2.24) is 4.90 Å². The molecule has 2 aromatic rings. The molecule has 7 heteroatoms. The Labute approximate surface area is 193 Å². The Morgan fingerprint density at radius 2 is 1.90 bits per heavy atom. The molecule has 1 saturated heterocycles. The van der Waals surface area contributed by atoms with Crippen LogP contribution in [0.15, 0.2) is 42.5 Å². The van der Waals surface area contributed by atoms with Crippen LogP contribution < -0.4 is 10.6 Å². The standard InChI is InChI=1S/C24H27Cl2N3O2/c1-16-13-17(22(26)30)5-6-21(16)29-12-11-28(23(29)31)20-7-9-24(15-27,10-8-20)18-3-2-4-19(25)14-18/h2-6,13-14,20H,7-12,15,27H2,1H3. The quantitative estimate of drug-likeness (QED) is 0.631. The highest BCUT2D eigenvalue weighted by atomic mass is 35.5. The lowest BCUT2D eigenvalue weighted by Crippen LogP contribution is -2.47. The van der Waals surface area contributed by atoms with Gasteiger partial charge in [-0.25, -0.2) is 4.79 Å². The molecule has 0 unspecified atom stereocenters. The summed E-state index contributed by atoms with van der Waals surface area (Å²) < 4.78 is 0. The highest BCUT2D eigenvalue weighted by molar-refractivity contribution is 6.67. The van der Waals surface area contributed by atoms with E-state index in [-0.39, 0.29) is 17.5 Å². The first-order valence-corrected chi connectivity index (χ1v) is 11.4. The molecule has 31 heavy (non-hydrogen) atoms. The first kappa shape index (κ1) is 22.1. The molecule has 1 aliphatic heterocycles. The van der Waals surface area contributed by atoms with Gasteiger partial charge in [0, 0.05) is 47.4 Å². The molecule has 164 valence electrons. The smallest absolute Gasteiger partial charge is 0.324 e. The Morgan fingerprint density at radius 1 is 1.16 bits per heavy atom. The van der Waals surface area contributed by atoms with E-state index >= 15 is 0 Å². The lowest BCUT2D eigenvalue weighted by molar-refractivity contribution is 0.108. The maximum absolute atomic E-state index is 13.2. The zero-order valence-corrected chi connectivity index (χ0v) is 19.1. The fourth-order valence-corrected chi connectivity index (χ4v) is 5.40. The lowest BCUT2D eigenvalue weighted by atomic mass is 9.68. The van der Waals surface area contributed by atoms with Crippen LogP contribution in [-0.4, -0.2) is 41.8 Å². The minimum atomic E-state index is -0.491. The number of aryl methyl sites for hydroxylation is 1. The summed E-state index contributed by atoms with van der Waals surface area (Å²) in [7, 11) is 0. The minimum absolute atomic E-state index is 0.0288. The molecule has 0 atom stereocenters. The van der Waals surface area contributed by atoms with E-state index in [2.05, 4.69) is 6.07 Å². The Bertz CT molecular complexity index is 1000. The molecule has 4 rings (SSSR count). The van der Waals surface area contributed by atoms with Gasteiger partial charge in [-0.05, 0) is 85.7 Å². The van der Waals surface area contributed by atoms with Crippen molar-refractivity contribution < 1.29 is 9.59 Å². The SMILES string of the molecule is Cc1cc(C(=O)Cl)ccc1N1CCN(C2CCC(CN)(c3cccc(Cl)c3)CC2)C1=O. The summed E-state index contributed by atoms with van der Waals surface area (Å²) in [4.78, 5) is 28.5. The van der Waals surface area contributed by atoms with Crippen LogP contribution in [0.4, 0.5) is 10.5 Å². The van der Waals surface area contributed by atoms with E-state index < -0.39 is 5.24 Å². The van der Waals surface area contributed by atoms with Crippen LogP contribution in [0.3, 0.4) is 0 Å². The van der Waals surface area contributed by atoms with E-state index in [1.165, 1.54) is 5.56 Å². The van der Waals surface area contributed by atoms with Gasteiger partial charge in [0.2, 0.25) is 0 Å². The van der Waals surface area contributed by atoms with Gasteiger partial charge in [0.15, 0.2) is 0 Å². The highest BCUT2D eigenvalue weighted by Crippen LogP contribution is 2.41. The number of hydrogen-bond donors (Lipinski definition) is 1. The summed E-state index contributed by atoms with van der Waals surface area (Å²) in [5.74, 6) is 0. The van der Waals surface area contributed by atoms with Crippen LogP contribution in [0.25, 0.3) is 0 Å². The summed E-state index contributed by atoms with van der Waals surface area (Å²) in [6, 6.07) is 13.5. The van der Waals surface area contributed by atoms with Gasteiger partial charge in [0.05, 0.1) is 0 Å². The minimum Gasteiger partial charge on any atom is -0.330 e. The first-order valence-electron chi connectivity index (χ1n) is 10.7. The normalized spacial score (nSPS) is 24.0. The highest BCUT2D eigenvalue weighted by Gasteiger charge is 2.41. The van der Waals surface area contributed by atoms with Gasteiger partial charge in [0.25, 0.3) is 5.24 Å². The van der Waals surface area contributed by atoms with Crippen molar-refractivity contribution in [3.63, 3.8) is 0 Å². The maximum atomic E-state index is 13.2. The summed E-state index contributed by atoms with van der Waals surface area (Å²) in [5, 5.41) is 0.240. The molecule has 0 bridgehead atoms. The number of carbonyl (C=O) groups is 2. The molecule has 2 fully saturated rings. The Balaban J connectivity index is 1.46. The molecule has 2 amide bonds.